The summed E-state index contributed by atoms with van der Waals surface area (Å²) in [6.07, 6.45) is -2.35. The number of pyridine rings is 1. The summed E-state index contributed by atoms with van der Waals surface area (Å²) < 4.78 is 59.1. The van der Waals surface area contributed by atoms with Crippen LogP contribution in [0, 0.1) is 5.82 Å². The zero-order chi connectivity index (χ0) is 17.2. The molecule has 5 nitrogen and oxygen atoms in total. The largest absolute Gasteiger partial charge is 0.573 e. The van der Waals surface area contributed by atoms with Crippen molar-refractivity contribution >= 4 is 5.90 Å². The van der Waals surface area contributed by atoms with Gasteiger partial charge < -0.3 is 14.3 Å². The standard InChI is InChI=1S/C15H10F4N2O3/c16-11-6-9(3-4-12(11)23-15(17,18)19)13-7-14(21-24-13)22-10-2-1-5-20-8-10/h1-6,8,13H,7H2/t13-/m1/s1. The molecule has 1 aromatic heterocycles. The van der Waals surface area contributed by atoms with E-state index in [0.29, 0.717) is 11.3 Å². The maximum atomic E-state index is 13.7. The highest BCUT2D eigenvalue weighted by molar-refractivity contribution is 5.79. The van der Waals surface area contributed by atoms with E-state index in [1.165, 1.54) is 12.3 Å². The summed E-state index contributed by atoms with van der Waals surface area (Å²) in [5.74, 6) is -1.34. The molecule has 1 atom stereocenters. The molecule has 0 amide bonds. The first-order valence-corrected chi connectivity index (χ1v) is 6.76. The van der Waals surface area contributed by atoms with Crippen LogP contribution in [-0.4, -0.2) is 17.2 Å². The van der Waals surface area contributed by atoms with Crippen LogP contribution in [0.25, 0.3) is 0 Å². The Balaban J connectivity index is 1.65. The van der Waals surface area contributed by atoms with Gasteiger partial charge in [-0.2, -0.15) is 0 Å². The number of oxime groups is 1. The molecule has 9 heteroatoms. The van der Waals surface area contributed by atoms with Crippen LogP contribution in [0.5, 0.6) is 11.5 Å². The molecular formula is C15H10F4N2O3. The van der Waals surface area contributed by atoms with Crippen LogP contribution in [0.3, 0.4) is 0 Å². The summed E-state index contributed by atoms with van der Waals surface area (Å²) in [6.45, 7) is 0. The molecule has 1 aliphatic heterocycles. The molecular weight excluding hydrogens is 332 g/mol. The van der Waals surface area contributed by atoms with Crippen molar-refractivity contribution in [2.45, 2.75) is 18.9 Å². The van der Waals surface area contributed by atoms with E-state index in [0.717, 1.165) is 12.1 Å². The predicted octanol–water partition coefficient (Wildman–Crippen LogP) is 3.97. The molecule has 0 saturated carbocycles. The van der Waals surface area contributed by atoms with E-state index in [1.54, 1.807) is 18.3 Å². The van der Waals surface area contributed by atoms with E-state index in [1.807, 2.05) is 0 Å². The predicted molar refractivity (Wildman–Crippen MR) is 73.8 cm³/mol. The third kappa shape index (κ3) is 3.92. The molecule has 126 valence electrons. The molecule has 2 aromatic rings. The second-order valence-corrected chi connectivity index (χ2v) is 4.81. The topological polar surface area (TPSA) is 52.9 Å². The smallest absolute Gasteiger partial charge is 0.438 e. The van der Waals surface area contributed by atoms with Crippen molar-refractivity contribution in [1.82, 2.24) is 4.98 Å². The Bertz CT molecular complexity index is 750. The molecule has 0 spiro atoms. The number of hydrogen-bond acceptors (Lipinski definition) is 5. The normalized spacial score (nSPS) is 17.2. The van der Waals surface area contributed by atoms with Crippen molar-refractivity contribution in [1.29, 1.82) is 0 Å². The van der Waals surface area contributed by atoms with Gasteiger partial charge in [0.15, 0.2) is 17.7 Å². The Hall–Kier alpha value is -2.84. The SMILES string of the molecule is Fc1cc([C@H]2CC(Oc3cccnc3)=NO2)ccc1OC(F)(F)F. The van der Waals surface area contributed by atoms with Crippen LogP contribution in [0.2, 0.25) is 0 Å². The van der Waals surface area contributed by atoms with Gasteiger partial charge in [-0.05, 0) is 29.8 Å². The van der Waals surface area contributed by atoms with Crippen LogP contribution >= 0.6 is 0 Å². The summed E-state index contributed by atoms with van der Waals surface area (Å²) in [7, 11) is 0. The van der Waals surface area contributed by atoms with E-state index in [-0.39, 0.29) is 12.3 Å². The number of rotatable bonds is 3. The van der Waals surface area contributed by atoms with Gasteiger partial charge in [-0.15, -0.1) is 13.2 Å². The highest BCUT2D eigenvalue weighted by atomic mass is 19.4. The Morgan fingerprint density at radius 2 is 2.04 bits per heavy atom. The van der Waals surface area contributed by atoms with Crippen LogP contribution in [0.4, 0.5) is 17.6 Å². The fourth-order valence-electron chi connectivity index (χ4n) is 2.06. The number of halogens is 4. The summed E-state index contributed by atoms with van der Waals surface area (Å²) in [5.41, 5.74) is 0.315. The fourth-order valence-corrected chi connectivity index (χ4v) is 2.06. The number of aromatic nitrogens is 1. The van der Waals surface area contributed by atoms with Gasteiger partial charge in [0.25, 0.3) is 0 Å². The summed E-state index contributed by atoms with van der Waals surface area (Å²) in [4.78, 5) is 9.01. The quantitative estimate of drug-likeness (QED) is 0.792. The first-order valence-electron chi connectivity index (χ1n) is 6.76. The van der Waals surface area contributed by atoms with Crippen molar-refractivity contribution < 1.29 is 31.9 Å². The van der Waals surface area contributed by atoms with Crippen molar-refractivity contribution in [2.24, 2.45) is 5.16 Å². The molecule has 0 unspecified atom stereocenters. The second-order valence-electron chi connectivity index (χ2n) is 4.81. The first-order chi connectivity index (χ1) is 11.4. The first kappa shape index (κ1) is 16.0. The van der Waals surface area contributed by atoms with Crippen molar-refractivity contribution in [3.63, 3.8) is 0 Å². The molecule has 1 aliphatic rings. The molecule has 24 heavy (non-hydrogen) atoms. The highest BCUT2D eigenvalue weighted by Gasteiger charge is 2.33. The van der Waals surface area contributed by atoms with Crippen molar-refractivity contribution in [3.05, 3.63) is 54.1 Å². The number of ether oxygens (including phenoxy) is 2. The van der Waals surface area contributed by atoms with Crippen LogP contribution in [0.1, 0.15) is 18.1 Å². The lowest BCUT2D eigenvalue weighted by molar-refractivity contribution is -0.275. The zero-order valence-corrected chi connectivity index (χ0v) is 12.0. The van der Waals surface area contributed by atoms with Crippen LogP contribution in [-0.2, 0) is 4.84 Å². The van der Waals surface area contributed by atoms with Crippen molar-refractivity contribution in [2.75, 3.05) is 0 Å². The average molecular weight is 342 g/mol. The van der Waals surface area contributed by atoms with E-state index in [9.17, 15) is 17.6 Å². The monoisotopic (exact) mass is 342 g/mol. The number of nitrogens with zero attached hydrogens (tertiary/aromatic N) is 2. The van der Waals surface area contributed by atoms with Crippen LogP contribution < -0.4 is 9.47 Å². The van der Waals surface area contributed by atoms with Crippen molar-refractivity contribution in [3.8, 4) is 11.5 Å². The van der Waals surface area contributed by atoms with Gasteiger partial charge in [-0.25, -0.2) is 4.39 Å². The van der Waals surface area contributed by atoms with Crippen LogP contribution in [0.15, 0.2) is 47.9 Å². The Morgan fingerprint density at radius 3 is 2.71 bits per heavy atom. The van der Waals surface area contributed by atoms with Gasteiger partial charge in [0, 0.05) is 6.20 Å². The molecule has 1 aromatic carbocycles. The number of alkyl halides is 3. The molecule has 2 heterocycles. The molecule has 0 saturated heterocycles. The minimum absolute atomic E-state index is 0.202. The summed E-state index contributed by atoms with van der Waals surface area (Å²) >= 11 is 0. The molecule has 0 N–H and O–H groups in total. The molecule has 0 fully saturated rings. The molecule has 0 bridgehead atoms. The lowest BCUT2D eigenvalue weighted by Crippen LogP contribution is -2.18. The Morgan fingerprint density at radius 1 is 1.21 bits per heavy atom. The highest BCUT2D eigenvalue weighted by Crippen LogP contribution is 2.32. The van der Waals surface area contributed by atoms with E-state index in [4.69, 9.17) is 9.57 Å². The molecule has 0 aliphatic carbocycles. The van der Waals surface area contributed by atoms with Gasteiger partial charge >= 0.3 is 6.36 Å². The zero-order valence-electron chi connectivity index (χ0n) is 12.0. The van der Waals surface area contributed by atoms with Gasteiger partial charge in [-0.3, -0.25) is 4.98 Å². The fraction of sp³-hybridized carbons (Fsp3) is 0.200. The lowest BCUT2D eigenvalue weighted by atomic mass is 10.1. The third-order valence-corrected chi connectivity index (χ3v) is 3.07. The Kier molecular flexibility index (Phi) is 4.24. The Labute approximate surface area is 133 Å². The summed E-state index contributed by atoms with van der Waals surface area (Å²) in [5, 5.41) is 3.73. The van der Waals surface area contributed by atoms with E-state index >= 15 is 0 Å². The van der Waals surface area contributed by atoms with Gasteiger partial charge in [-0.1, -0.05) is 11.2 Å². The van der Waals surface area contributed by atoms with Gasteiger partial charge in [0.05, 0.1) is 12.6 Å². The lowest BCUT2D eigenvalue weighted by Gasteiger charge is -2.12. The van der Waals surface area contributed by atoms with E-state index in [2.05, 4.69) is 14.9 Å². The van der Waals surface area contributed by atoms with E-state index < -0.39 is 24.0 Å². The number of benzene rings is 1. The molecule has 0 radical (unpaired) electrons. The van der Waals surface area contributed by atoms with Gasteiger partial charge in [0.2, 0.25) is 5.90 Å². The number of hydrogen-bond donors (Lipinski definition) is 0. The minimum Gasteiger partial charge on any atom is -0.438 e. The van der Waals surface area contributed by atoms with Gasteiger partial charge in [0.1, 0.15) is 5.75 Å². The maximum Gasteiger partial charge on any atom is 0.573 e. The maximum absolute atomic E-state index is 13.7. The minimum atomic E-state index is -4.96. The summed E-state index contributed by atoms with van der Waals surface area (Å²) in [6, 6.07) is 6.43. The molecule has 3 rings (SSSR count). The average Bonchev–Trinajstić information content (AvgIpc) is 2.97. The second kappa shape index (κ2) is 6.34. The third-order valence-electron chi connectivity index (χ3n) is 3.07.